The number of rotatable bonds is 5. The number of fused-ring (bicyclic) bond motifs is 1. The molecule has 0 saturated carbocycles. The Morgan fingerprint density at radius 3 is 2.62 bits per heavy atom. The van der Waals surface area contributed by atoms with E-state index in [1.165, 1.54) is 18.6 Å². The van der Waals surface area contributed by atoms with Crippen molar-refractivity contribution >= 4 is 16.8 Å². The highest BCUT2D eigenvalue weighted by Gasteiger charge is 2.31. The Hall–Kier alpha value is -2.79. The third kappa shape index (κ3) is 4.46. The molecule has 0 spiro atoms. The molecule has 1 saturated heterocycles. The first-order valence-corrected chi connectivity index (χ1v) is 10.2. The van der Waals surface area contributed by atoms with Crippen LogP contribution in [-0.4, -0.2) is 40.8 Å². The molecule has 150 valence electrons. The van der Waals surface area contributed by atoms with Crippen LogP contribution in [0.1, 0.15) is 36.4 Å². The molecule has 4 rings (SSSR count). The van der Waals surface area contributed by atoms with Gasteiger partial charge in [0.05, 0.1) is 5.52 Å². The monoisotopic (exact) mass is 391 g/mol. The summed E-state index contributed by atoms with van der Waals surface area (Å²) in [6.07, 6.45) is 5.16. The number of hydrogen-bond acceptors (Lipinski definition) is 3. The van der Waals surface area contributed by atoms with Crippen molar-refractivity contribution in [3.05, 3.63) is 77.7 Å². The Balaban J connectivity index is 1.57. The van der Waals surface area contributed by atoms with Gasteiger partial charge in [-0.1, -0.05) is 30.7 Å². The van der Waals surface area contributed by atoms with Crippen molar-refractivity contribution in [3.8, 4) is 0 Å². The second-order valence-electron chi connectivity index (χ2n) is 7.78. The highest BCUT2D eigenvalue weighted by Crippen LogP contribution is 2.27. The Kier molecular flexibility index (Phi) is 5.86. The molecule has 1 aliphatic rings. The number of aromatic nitrogens is 1. The molecular formula is C24H26FN3O. The molecule has 1 amide bonds. The molecule has 1 unspecified atom stereocenters. The highest BCUT2D eigenvalue weighted by atomic mass is 19.1. The zero-order valence-corrected chi connectivity index (χ0v) is 16.7. The van der Waals surface area contributed by atoms with Gasteiger partial charge in [-0.25, -0.2) is 4.39 Å². The summed E-state index contributed by atoms with van der Waals surface area (Å²) < 4.78 is 13.5. The van der Waals surface area contributed by atoms with E-state index in [1.54, 1.807) is 23.2 Å². The average molecular weight is 391 g/mol. The fourth-order valence-corrected chi connectivity index (χ4v) is 4.12. The maximum Gasteiger partial charge on any atom is 0.244 e. The SMILES string of the molecule is CN(Cc1ccc2ncccc2c1)C(=O)C(c1ccc(F)cc1)N1CCCCC1. The minimum absolute atomic E-state index is 0.0461. The van der Waals surface area contributed by atoms with Crippen LogP contribution < -0.4 is 0 Å². The highest BCUT2D eigenvalue weighted by molar-refractivity contribution is 5.83. The van der Waals surface area contributed by atoms with Crippen molar-refractivity contribution in [2.45, 2.75) is 31.8 Å². The number of pyridine rings is 1. The Labute approximate surface area is 171 Å². The molecule has 0 bridgehead atoms. The predicted octanol–water partition coefficient (Wildman–Crippen LogP) is 4.56. The van der Waals surface area contributed by atoms with Gasteiger partial charge in [-0.3, -0.25) is 14.7 Å². The summed E-state index contributed by atoms with van der Waals surface area (Å²) in [6, 6.07) is 16.0. The van der Waals surface area contributed by atoms with Gasteiger partial charge in [-0.15, -0.1) is 0 Å². The van der Waals surface area contributed by atoms with Crippen molar-refractivity contribution in [3.63, 3.8) is 0 Å². The zero-order chi connectivity index (χ0) is 20.2. The molecule has 0 aliphatic carbocycles. The molecule has 29 heavy (non-hydrogen) atoms. The molecule has 4 nitrogen and oxygen atoms in total. The standard InChI is InChI=1S/C24H26FN3O/c1-27(17-18-7-12-22-20(16-18)6-5-13-26-22)24(29)23(28-14-3-2-4-15-28)19-8-10-21(25)11-9-19/h5-13,16,23H,2-4,14-15,17H2,1H3. The molecule has 2 aromatic carbocycles. The van der Waals surface area contributed by atoms with Crippen LogP contribution in [0.3, 0.4) is 0 Å². The fraction of sp³-hybridized carbons (Fsp3) is 0.333. The van der Waals surface area contributed by atoms with Crippen LogP contribution in [0, 0.1) is 5.82 Å². The number of benzene rings is 2. The van der Waals surface area contributed by atoms with Crippen LogP contribution in [0.25, 0.3) is 10.9 Å². The number of piperidine rings is 1. The maximum atomic E-state index is 13.5. The lowest BCUT2D eigenvalue weighted by Gasteiger charge is -2.36. The second kappa shape index (κ2) is 8.70. The molecule has 0 radical (unpaired) electrons. The van der Waals surface area contributed by atoms with Gasteiger partial charge in [-0.05, 0) is 67.4 Å². The van der Waals surface area contributed by atoms with Crippen molar-refractivity contribution in [1.82, 2.24) is 14.8 Å². The fourth-order valence-electron chi connectivity index (χ4n) is 4.12. The molecule has 1 atom stereocenters. The van der Waals surface area contributed by atoms with Crippen LogP contribution in [0.5, 0.6) is 0 Å². The Morgan fingerprint density at radius 2 is 1.86 bits per heavy atom. The van der Waals surface area contributed by atoms with E-state index in [2.05, 4.69) is 16.0 Å². The van der Waals surface area contributed by atoms with E-state index >= 15 is 0 Å². The lowest BCUT2D eigenvalue weighted by molar-refractivity contribution is -0.137. The zero-order valence-electron chi connectivity index (χ0n) is 16.7. The number of halogens is 1. The molecule has 5 heteroatoms. The van der Waals surface area contributed by atoms with Gasteiger partial charge in [0.15, 0.2) is 0 Å². The number of amides is 1. The van der Waals surface area contributed by atoms with Gasteiger partial charge in [0.2, 0.25) is 5.91 Å². The third-order valence-electron chi connectivity index (χ3n) is 5.64. The van der Waals surface area contributed by atoms with Gasteiger partial charge < -0.3 is 4.90 Å². The lowest BCUT2D eigenvalue weighted by atomic mass is 10.00. The van der Waals surface area contributed by atoms with E-state index in [-0.39, 0.29) is 17.8 Å². The number of likely N-dealkylation sites (tertiary alicyclic amines) is 1. The number of nitrogens with zero attached hydrogens (tertiary/aromatic N) is 3. The summed E-state index contributed by atoms with van der Waals surface area (Å²) in [5.74, 6) is -0.235. The molecule has 2 heterocycles. The van der Waals surface area contributed by atoms with Crippen LogP contribution in [-0.2, 0) is 11.3 Å². The van der Waals surface area contributed by atoms with E-state index in [0.717, 1.165) is 48.0 Å². The van der Waals surface area contributed by atoms with Gasteiger partial charge in [0.1, 0.15) is 11.9 Å². The topological polar surface area (TPSA) is 36.4 Å². The number of carbonyl (C=O) groups excluding carboxylic acids is 1. The maximum absolute atomic E-state index is 13.5. The van der Waals surface area contributed by atoms with Crippen molar-refractivity contribution in [2.75, 3.05) is 20.1 Å². The summed E-state index contributed by atoms with van der Waals surface area (Å²) in [5.41, 5.74) is 2.87. The minimum Gasteiger partial charge on any atom is -0.340 e. The molecule has 3 aromatic rings. The van der Waals surface area contributed by atoms with E-state index in [9.17, 15) is 9.18 Å². The van der Waals surface area contributed by atoms with Gasteiger partial charge in [-0.2, -0.15) is 0 Å². The average Bonchev–Trinajstić information content (AvgIpc) is 2.76. The van der Waals surface area contributed by atoms with Crippen molar-refractivity contribution in [2.24, 2.45) is 0 Å². The van der Waals surface area contributed by atoms with E-state index in [4.69, 9.17) is 0 Å². The first-order valence-electron chi connectivity index (χ1n) is 10.2. The molecule has 0 N–H and O–H groups in total. The first kappa shape index (κ1) is 19.5. The van der Waals surface area contributed by atoms with Gasteiger partial charge in [0, 0.05) is 25.2 Å². The van der Waals surface area contributed by atoms with Crippen molar-refractivity contribution in [1.29, 1.82) is 0 Å². The lowest BCUT2D eigenvalue weighted by Crippen LogP contribution is -2.43. The summed E-state index contributed by atoms with van der Waals surface area (Å²) in [5, 5.41) is 1.07. The van der Waals surface area contributed by atoms with Crippen LogP contribution in [0.15, 0.2) is 60.8 Å². The first-order chi connectivity index (χ1) is 14.1. The number of hydrogen-bond donors (Lipinski definition) is 0. The molecular weight excluding hydrogens is 365 g/mol. The number of carbonyl (C=O) groups is 1. The van der Waals surface area contributed by atoms with Crippen LogP contribution >= 0.6 is 0 Å². The third-order valence-corrected chi connectivity index (χ3v) is 5.64. The van der Waals surface area contributed by atoms with Crippen LogP contribution in [0.4, 0.5) is 4.39 Å². The minimum atomic E-state index is -0.372. The van der Waals surface area contributed by atoms with Crippen molar-refractivity contribution < 1.29 is 9.18 Å². The smallest absolute Gasteiger partial charge is 0.244 e. The Bertz CT molecular complexity index is 983. The molecule has 1 fully saturated rings. The van der Waals surface area contributed by atoms with Gasteiger partial charge >= 0.3 is 0 Å². The summed E-state index contributed by atoms with van der Waals surface area (Å²) in [6.45, 7) is 2.31. The Morgan fingerprint density at radius 1 is 1.10 bits per heavy atom. The van der Waals surface area contributed by atoms with E-state index in [1.807, 2.05) is 31.3 Å². The normalized spacial score (nSPS) is 15.9. The summed E-state index contributed by atoms with van der Waals surface area (Å²) in [4.78, 5) is 21.8. The van der Waals surface area contributed by atoms with E-state index in [0.29, 0.717) is 6.54 Å². The summed E-state index contributed by atoms with van der Waals surface area (Å²) >= 11 is 0. The largest absolute Gasteiger partial charge is 0.340 e. The van der Waals surface area contributed by atoms with Crippen LogP contribution in [0.2, 0.25) is 0 Å². The van der Waals surface area contributed by atoms with E-state index < -0.39 is 0 Å². The van der Waals surface area contributed by atoms with Gasteiger partial charge in [0.25, 0.3) is 0 Å². The second-order valence-corrected chi connectivity index (χ2v) is 7.78. The molecule has 1 aliphatic heterocycles. The quantitative estimate of drug-likeness (QED) is 0.640. The predicted molar refractivity (Wildman–Crippen MR) is 113 cm³/mol. The number of likely N-dealkylation sites (N-methyl/N-ethyl adjacent to an activating group) is 1. The summed E-state index contributed by atoms with van der Waals surface area (Å²) in [7, 11) is 1.84. The molecule has 1 aromatic heterocycles.